The van der Waals surface area contributed by atoms with Gasteiger partial charge in [0.15, 0.2) is 0 Å². The fourth-order valence-corrected chi connectivity index (χ4v) is 5.23. The Morgan fingerprint density at radius 2 is 1.93 bits per heavy atom. The van der Waals surface area contributed by atoms with Crippen LogP contribution in [0.1, 0.15) is 23.8 Å². The molecule has 1 aliphatic carbocycles. The van der Waals surface area contributed by atoms with Crippen molar-refractivity contribution in [2.75, 3.05) is 5.32 Å². The average molecular weight is 474 g/mol. The summed E-state index contributed by atoms with van der Waals surface area (Å²) < 4.78 is 2.15. The lowest BCUT2D eigenvalue weighted by Crippen LogP contribution is -1.98. The van der Waals surface area contributed by atoms with E-state index in [1.54, 1.807) is 23.7 Å². The first kappa shape index (κ1) is 17.9. The molecule has 4 heterocycles. The summed E-state index contributed by atoms with van der Waals surface area (Å²) in [5, 5.41) is 5.73. The average Bonchev–Trinajstić information content (AvgIpc) is 3.53. The van der Waals surface area contributed by atoms with Crippen LogP contribution >= 0.6 is 27.3 Å². The van der Waals surface area contributed by atoms with Gasteiger partial charge in [-0.2, -0.15) is 0 Å². The molecule has 0 spiro atoms. The number of pyridine rings is 3. The highest BCUT2D eigenvalue weighted by Crippen LogP contribution is 2.43. The number of benzene rings is 1. The number of anilines is 2. The fraction of sp³-hybridized carbons (Fsp3) is 0.130. The largest absolute Gasteiger partial charge is 0.340 e. The second-order valence-corrected chi connectivity index (χ2v) is 9.34. The number of hydrogen-bond acceptors (Lipinski definition) is 6. The summed E-state index contributed by atoms with van der Waals surface area (Å²) in [4.78, 5) is 18.5. The molecule has 1 N–H and O–H groups in total. The first-order valence-corrected chi connectivity index (χ1v) is 11.4. The van der Waals surface area contributed by atoms with Gasteiger partial charge in [0, 0.05) is 40.2 Å². The van der Waals surface area contributed by atoms with Crippen molar-refractivity contribution >= 4 is 59.9 Å². The lowest BCUT2D eigenvalue weighted by atomic mass is 10.1. The molecule has 146 valence electrons. The predicted molar refractivity (Wildman–Crippen MR) is 125 cm³/mol. The molecule has 4 aromatic heterocycles. The van der Waals surface area contributed by atoms with Crippen LogP contribution in [-0.4, -0.2) is 19.9 Å². The van der Waals surface area contributed by atoms with Crippen LogP contribution < -0.4 is 5.32 Å². The van der Waals surface area contributed by atoms with Crippen molar-refractivity contribution in [3.8, 4) is 11.3 Å². The van der Waals surface area contributed by atoms with Crippen LogP contribution in [0.2, 0.25) is 0 Å². The molecule has 1 saturated carbocycles. The van der Waals surface area contributed by atoms with E-state index in [1.807, 2.05) is 30.5 Å². The first-order chi connectivity index (χ1) is 14.7. The minimum Gasteiger partial charge on any atom is -0.340 e. The number of hydrogen-bond donors (Lipinski definition) is 1. The lowest BCUT2D eigenvalue weighted by molar-refractivity contribution is 1.10. The van der Waals surface area contributed by atoms with Gasteiger partial charge < -0.3 is 5.32 Å². The number of fused-ring (bicyclic) bond motifs is 2. The van der Waals surface area contributed by atoms with E-state index in [0.717, 1.165) is 43.7 Å². The van der Waals surface area contributed by atoms with Crippen molar-refractivity contribution in [2.24, 2.45) is 0 Å². The third-order valence-corrected chi connectivity index (χ3v) is 7.07. The Morgan fingerprint density at radius 1 is 1.00 bits per heavy atom. The molecule has 0 radical (unpaired) electrons. The Bertz CT molecular complexity index is 1400. The summed E-state index contributed by atoms with van der Waals surface area (Å²) in [5.74, 6) is 1.43. The second-order valence-electron chi connectivity index (χ2n) is 7.42. The molecule has 7 heteroatoms. The highest BCUT2D eigenvalue weighted by atomic mass is 79.9. The van der Waals surface area contributed by atoms with Crippen molar-refractivity contribution in [3.05, 3.63) is 70.5 Å². The number of aromatic nitrogens is 4. The highest BCUT2D eigenvalue weighted by molar-refractivity contribution is 9.10. The summed E-state index contributed by atoms with van der Waals surface area (Å²) in [6, 6.07) is 14.2. The number of halogens is 1. The van der Waals surface area contributed by atoms with Crippen LogP contribution in [0.15, 0.2) is 65.5 Å². The molecule has 0 unspecified atom stereocenters. The molecule has 1 fully saturated rings. The van der Waals surface area contributed by atoms with Gasteiger partial charge in [0.05, 0.1) is 31.8 Å². The summed E-state index contributed by atoms with van der Waals surface area (Å²) >= 11 is 5.47. The van der Waals surface area contributed by atoms with E-state index >= 15 is 0 Å². The van der Waals surface area contributed by atoms with Gasteiger partial charge in [0.2, 0.25) is 0 Å². The number of thiazole rings is 1. The maximum atomic E-state index is 4.92. The van der Waals surface area contributed by atoms with E-state index < -0.39 is 0 Å². The van der Waals surface area contributed by atoms with E-state index in [4.69, 9.17) is 9.97 Å². The highest BCUT2D eigenvalue weighted by Gasteiger charge is 2.27. The van der Waals surface area contributed by atoms with Gasteiger partial charge >= 0.3 is 0 Å². The summed E-state index contributed by atoms with van der Waals surface area (Å²) in [6.45, 7) is 0. The lowest BCUT2D eigenvalue weighted by Gasteiger charge is -2.12. The Kier molecular flexibility index (Phi) is 4.24. The Morgan fingerprint density at radius 3 is 2.77 bits per heavy atom. The molecule has 0 saturated heterocycles. The molecule has 1 aliphatic rings. The summed E-state index contributed by atoms with van der Waals surface area (Å²) in [6.07, 6.45) is 7.91. The quantitative estimate of drug-likeness (QED) is 0.315. The molecule has 0 atom stereocenters. The molecular weight excluding hydrogens is 458 g/mol. The molecule has 0 aliphatic heterocycles. The zero-order valence-electron chi connectivity index (χ0n) is 15.8. The van der Waals surface area contributed by atoms with E-state index in [0.29, 0.717) is 5.92 Å². The molecule has 0 amide bonds. The predicted octanol–water partition coefficient (Wildman–Crippen LogP) is 6.69. The molecule has 5 nitrogen and oxygen atoms in total. The Hall–Kier alpha value is -2.90. The molecule has 5 aromatic rings. The first-order valence-electron chi connectivity index (χ1n) is 9.78. The maximum absolute atomic E-state index is 4.92. The summed E-state index contributed by atoms with van der Waals surface area (Å²) in [7, 11) is 0. The van der Waals surface area contributed by atoms with Crippen LogP contribution in [-0.2, 0) is 0 Å². The van der Waals surface area contributed by atoms with E-state index in [-0.39, 0.29) is 0 Å². The maximum Gasteiger partial charge on any atom is 0.141 e. The number of rotatable bonds is 4. The van der Waals surface area contributed by atoms with Crippen molar-refractivity contribution < 1.29 is 0 Å². The number of nitrogens with zero attached hydrogens (tertiary/aromatic N) is 4. The fourth-order valence-electron chi connectivity index (χ4n) is 3.55. The van der Waals surface area contributed by atoms with Gasteiger partial charge in [-0.3, -0.25) is 9.97 Å². The SMILES string of the molecule is Brc1ccnc2cc(-c3cccnc3)nc(Nc3ccc4nc(C5CC5)sc4c3)c12. The molecule has 1 aromatic carbocycles. The van der Waals surface area contributed by atoms with Crippen LogP contribution in [0.25, 0.3) is 32.4 Å². The standard InChI is InChI=1S/C23H16BrN5S/c24-16-7-9-26-19-11-18(14-2-1-8-25-12-14)28-22(21(16)19)27-15-5-6-17-20(10-15)30-23(29-17)13-3-4-13/h1-2,5-13H,3-4H2,(H,27,28). The molecule has 0 bridgehead atoms. The van der Waals surface area contributed by atoms with Gasteiger partial charge in [0.1, 0.15) is 5.82 Å². The monoisotopic (exact) mass is 473 g/mol. The van der Waals surface area contributed by atoms with Gasteiger partial charge in [-0.15, -0.1) is 11.3 Å². The normalized spacial score (nSPS) is 13.8. The van der Waals surface area contributed by atoms with Crippen molar-refractivity contribution in [2.45, 2.75) is 18.8 Å². The van der Waals surface area contributed by atoms with Crippen LogP contribution in [0.4, 0.5) is 11.5 Å². The zero-order chi connectivity index (χ0) is 20.1. The molecular formula is C23H16BrN5S. The van der Waals surface area contributed by atoms with E-state index in [9.17, 15) is 0 Å². The minimum atomic E-state index is 0.669. The van der Waals surface area contributed by atoms with Gasteiger partial charge in [-0.05, 0) is 71.2 Å². The number of nitrogens with one attached hydrogen (secondary N) is 1. The van der Waals surface area contributed by atoms with Gasteiger partial charge in [0.25, 0.3) is 0 Å². The zero-order valence-corrected chi connectivity index (χ0v) is 18.2. The second kappa shape index (κ2) is 7.11. The topological polar surface area (TPSA) is 63.6 Å². The van der Waals surface area contributed by atoms with E-state index in [2.05, 4.69) is 49.4 Å². The third-order valence-electron chi connectivity index (χ3n) is 5.22. The van der Waals surface area contributed by atoms with Crippen LogP contribution in [0, 0.1) is 0 Å². The smallest absolute Gasteiger partial charge is 0.141 e. The van der Waals surface area contributed by atoms with Crippen molar-refractivity contribution in [1.82, 2.24) is 19.9 Å². The van der Waals surface area contributed by atoms with Crippen LogP contribution in [0.5, 0.6) is 0 Å². The van der Waals surface area contributed by atoms with Crippen LogP contribution in [0.3, 0.4) is 0 Å². The summed E-state index contributed by atoms with van der Waals surface area (Å²) in [5.41, 5.74) is 4.71. The Balaban J connectivity index is 1.47. The Labute approximate surface area is 185 Å². The van der Waals surface area contributed by atoms with Crippen molar-refractivity contribution in [1.29, 1.82) is 0 Å². The van der Waals surface area contributed by atoms with E-state index in [1.165, 1.54) is 22.5 Å². The third kappa shape index (κ3) is 3.24. The van der Waals surface area contributed by atoms with Crippen molar-refractivity contribution in [3.63, 3.8) is 0 Å². The van der Waals surface area contributed by atoms with Gasteiger partial charge in [-0.1, -0.05) is 0 Å². The van der Waals surface area contributed by atoms with Gasteiger partial charge in [-0.25, -0.2) is 9.97 Å². The minimum absolute atomic E-state index is 0.669. The molecule has 6 rings (SSSR count). The molecule has 30 heavy (non-hydrogen) atoms.